The van der Waals surface area contributed by atoms with Crippen LogP contribution in [0.25, 0.3) is 0 Å². The van der Waals surface area contributed by atoms with E-state index in [9.17, 15) is 0 Å². The lowest BCUT2D eigenvalue weighted by Gasteiger charge is -2.18. The van der Waals surface area contributed by atoms with Gasteiger partial charge in [0.25, 0.3) is 0 Å². The van der Waals surface area contributed by atoms with Crippen LogP contribution in [0.4, 0.5) is 0 Å². The minimum absolute atomic E-state index is 0. The first kappa shape index (κ1) is 24.0. The van der Waals surface area contributed by atoms with Crippen molar-refractivity contribution in [2.45, 2.75) is 45.3 Å². The zero-order valence-corrected chi connectivity index (χ0v) is 19.9. The summed E-state index contributed by atoms with van der Waals surface area (Å²) in [7, 11) is 1.80. The number of hydrogen-bond acceptors (Lipinski definition) is 4. The molecular weight excluding hydrogens is 481 g/mol. The van der Waals surface area contributed by atoms with Crippen LogP contribution in [0.15, 0.2) is 34.8 Å². The average molecular weight is 515 g/mol. The molecule has 0 bridgehead atoms. The van der Waals surface area contributed by atoms with Gasteiger partial charge in [-0.05, 0) is 44.2 Å². The molecule has 7 heteroatoms. The number of aliphatic imine (C=N–C) groups is 1. The van der Waals surface area contributed by atoms with Gasteiger partial charge in [-0.3, -0.25) is 4.99 Å². The SMILES string of the molecule is CN=C(NCCC1=CCOCC1)NCc1ccc(C)cc1OCC1CCCO1.I. The summed E-state index contributed by atoms with van der Waals surface area (Å²) in [5, 5.41) is 6.79. The number of hydrogen-bond donors (Lipinski definition) is 2. The zero-order chi connectivity index (χ0) is 19.6. The lowest BCUT2D eigenvalue weighted by molar-refractivity contribution is 0.0676. The molecule has 0 saturated carbocycles. The zero-order valence-electron chi connectivity index (χ0n) is 17.5. The van der Waals surface area contributed by atoms with Gasteiger partial charge in [-0.1, -0.05) is 23.8 Å². The Morgan fingerprint density at radius 2 is 2.17 bits per heavy atom. The number of rotatable bonds is 8. The molecular formula is C22H34IN3O3. The van der Waals surface area contributed by atoms with Crippen LogP contribution >= 0.6 is 24.0 Å². The van der Waals surface area contributed by atoms with Crippen LogP contribution in [-0.2, 0) is 16.0 Å². The van der Waals surface area contributed by atoms with E-state index in [1.807, 2.05) is 0 Å². The van der Waals surface area contributed by atoms with Crippen molar-refractivity contribution < 1.29 is 14.2 Å². The standard InChI is InChI=1S/C22H33N3O3.HI/c1-17-5-6-19(21(14-17)28-16-20-4-3-11-27-20)15-25-22(23-2)24-10-7-18-8-12-26-13-9-18;/h5-6,8,14,20H,3-4,7,9-13,15-16H2,1-2H3,(H2,23,24,25);1H. The average Bonchev–Trinajstić information content (AvgIpc) is 3.24. The van der Waals surface area contributed by atoms with Crippen LogP contribution in [0.1, 0.15) is 36.8 Å². The van der Waals surface area contributed by atoms with Gasteiger partial charge in [0.2, 0.25) is 0 Å². The maximum atomic E-state index is 6.08. The fourth-order valence-electron chi connectivity index (χ4n) is 3.43. The van der Waals surface area contributed by atoms with E-state index in [-0.39, 0.29) is 30.1 Å². The number of benzene rings is 1. The molecule has 1 aromatic carbocycles. The van der Waals surface area contributed by atoms with Crippen molar-refractivity contribution in [1.82, 2.24) is 10.6 Å². The highest BCUT2D eigenvalue weighted by Crippen LogP contribution is 2.22. The van der Waals surface area contributed by atoms with Crippen molar-refractivity contribution in [3.63, 3.8) is 0 Å². The van der Waals surface area contributed by atoms with Crippen LogP contribution in [0.2, 0.25) is 0 Å². The Hall–Kier alpha value is -1.32. The largest absolute Gasteiger partial charge is 0.491 e. The van der Waals surface area contributed by atoms with Crippen LogP contribution in [0.5, 0.6) is 5.75 Å². The Labute approximate surface area is 191 Å². The molecule has 0 amide bonds. The van der Waals surface area contributed by atoms with E-state index in [0.29, 0.717) is 13.2 Å². The number of ether oxygens (including phenoxy) is 3. The Morgan fingerprint density at radius 3 is 2.90 bits per heavy atom. The van der Waals surface area contributed by atoms with Gasteiger partial charge in [-0.25, -0.2) is 0 Å². The van der Waals surface area contributed by atoms with Gasteiger partial charge in [0.15, 0.2) is 5.96 Å². The van der Waals surface area contributed by atoms with Gasteiger partial charge in [-0.15, -0.1) is 24.0 Å². The highest BCUT2D eigenvalue weighted by atomic mass is 127. The molecule has 1 aromatic rings. The second-order valence-corrected chi connectivity index (χ2v) is 7.35. The monoisotopic (exact) mass is 515 g/mol. The Balaban J connectivity index is 0.00000300. The highest BCUT2D eigenvalue weighted by Gasteiger charge is 2.17. The summed E-state index contributed by atoms with van der Waals surface area (Å²) in [6, 6.07) is 6.33. The lowest BCUT2D eigenvalue weighted by atomic mass is 10.1. The second-order valence-electron chi connectivity index (χ2n) is 7.35. The van der Waals surface area contributed by atoms with E-state index in [1.165, 1.54) is 11.1 Å². The first-order chi connectivity index (χ1) is 13.7. The molecule has 1 saturated heterocycles. The maximum Gasteiger partial charge on any atom is 0.191 e. The first-order valence-electron chi connectivity index (χ1n) is 10.3. The molecule has 162 valence electrons. The summed E-state index contributed by atoms with van der Waals surface area (Å²) in [4.78, 5) is 4.33. The molecule has 2 heterocycles. The molecule has 3 rings (SSSR count). The van der Waals surface area contributed by atoms with Crippen LogP contribution in [-0.4, -0.2) is 52.1 Å². The van der Waals surface area contributed by atoms with Gasteiger partial charge in [0.05, 0.1) is 19.3 Å². The minimum atomic E-state index is 0. The summed E-state index contributed by atoms with van der Waals surface area (Å²) >= 11 is 0. The third-order valence-electron chi connectivity index (χ3n) is 5.14. The molecule has 0 aromatic heterocycles. The fourth-order valence-corrected chi connectivity index (χ4v) is 3.43. The topological polar surface area (TPSA) is 64.1 Å². The fraction of sp³-hybridized carbons (Fsp3) is 0.591. The summed E-state index contributed by atoms with van der Waals surface area (Å²) in [5.74, 6) is 1.73. The normalized spacial score (nSPS) is 19.3. The summed E-state index contributed by atoms with van der Waals surface area (Å²) < 4.78 is 17.1. The van der Waals surface area contributed by atoms with Crippen molar-refractivity contribution in [3.05, 3.63) is 41.0 Å². The van der Waals surface area contributed by atoms with E-state index in [4.69, 9.17) is 14.2 Å². The van der Waals surface area contributed by atoms with Crippen molar-refractivity contribution in [3.8, 4) is 5.75 Å². The predicted octanol–water partition coefficient (Wildman–Crippen LogP) is 3.57. The van der Waals surface area contributed by atoms with Crippen molar-refractivity contribution in [2.75, 3.05) is 40.0 Å². The molecule has 1 unspecified atom stereocenters. The van der Waals surface area contributed by atoms with Gasteiger partial charge >= 0.3 is 0 Å². The Kier molecular flexibility index (Phi) is 10.8. The smallest absolute Gasteiger partial charge is 0.191 e. The third kappa shape index (κ3) is 8.14. The molecule has 0 spiro atoms. The summed E-state index contributed by atoms with van der Waals surface area (Å²) in [6.07, 6.45) is 6.66. The quantitative estimate of drug-likeness (QED) is 0.240. The van der Waals surface area contributed by atoms with Crippen molar-refractivity contribution in [1.29, 1.82) is 0 Å². The molecule has 2 N–H and O–H groups in total. The molecule has 1 fully saturated rings. The molecule has 29 heavy (non-hydrogen) atoms. The van der Waals surface area contributed by atoms with E-state index in [2.05, 4.69) is 46.8 Å². The van der Waals surface area contributed by atoms with Crippen molar-refractivity contribution >= 4 is 29.9 Å². The molecule has 0 aliphatic carbocycles. The van der Waals surface area contributed by atoms with E-state index in [1.54, 1.807) is 7.05 Å². The molecule has 2 aliphatic rings. The third-order valence-corrected chi connectivity index (χ3v) is 5.14. The Morgan fingerprint density at radius 1 is 1.28 bits per heavy atom. The minimum Gasteiger partial charge on any atom is -0.491 e. The molecule has 0 radical (unpaired) electrons. The maximum absolute atomic E-state index is 6.08. The second kappa shape index (κ2) is 13.1. The van der Waals surface area contributed by atoms with E-state index < -0.39 is 0 Å². The predicted molar refractivity (Wildman–Crippen MR) is 127 cm³/mol. The van der Waals surface area contributed by atoms with E-state index in [0.717, 1.165) is 69.3 Å². The number of halogens is 1. The van der Waals surface area contributed by atoms with Crippen LogP contribution in [0, 0.1) is 6.92 Å². The summed E-state index contributed by atoms with van der Waals surface area (Å²) in [6.45, 7) is 6.65. The highest BCUT2D eigenvalue weighted by molar-refractivity contribution is 14.0. The number of nitrogens with zero attached hydrogens (tertiary/aromatic N) is 1. The van der Waals surface area contributed by atoms with Gasteiger partial charge in [-0.2, -0.15) is 0 Å². The van der Waals surface area contributed by atoms with Crippen LogP contribution < -0.4 is 15.4 Å². The molecule has 2 aliphatic heterocycles. The van der Waals surface area contributed by atoms with Gasteiger partial charge in [0.1, 0.15) is 12.4 Å². The van der Waals surface area contributed by atoms with Gasteiger partial charge in [0, 0.05) is 32.3 Å². The number of aryl methyl sites for hydroxylation is 1. The molecule has 1 atom stereocenters. The van der Waals surface area contributed by atoms with Gasteiger partial charge < -0.3 is 24.8 Å². The van der Waals surface area contributed by atoms with Crippen LogP contribution in [0.3, 0.4) is 0 Å². The van der Waals surface area contributed by atoms with Crippen molar-refractivity contribution in [2.24, 2.45) is 4.99 Å². The Bertz CT molecular complexity index is 688. The van der Waals surface area contributed by atoms with E-state index >= 15 is 0 Å². The summed E-state index contributed by atoms with van der Waals surface area (Å²) in [5.41, 5.74) is 3.77. The number of nitrogens with one attached hydrogen (secondary N) is 2. The lowest BCUT2D eigenvalue weighted by Crippen LogP contribution is -2.37. The molecule has 6 nitrogen and oxygen atoms in total. The number of guanidine groups is 1. The first-order valence-corrected chi connectivity index (χ1v) is 10.3.